The molecule has 2 heterocycles. The Morgan fingerprint density at radius 3 is 2.67 bits per heavy atom. The van der Waals surface area contributed by atoms with E-state index in [9.17, 15) is 4.79 Å². The summed E-state index contributed by atoms with van der Waals surface area (Å²) in [6.45, 7) is 6.36. The minimum Gasteiger partial charge on any atom is -0.379 e. The SMILES string of the molecule is CC1CCC(N(C)C(=O)CSc2nc(CN3CCOCC3)nc3ccccc23)CC1. The van der Waals surface area contributed by atoms with E-state index in [4.69, 9.17) is 14.7 Å². The molecule has 0 atom stereocenters. The Kier molecular flexibility index (Phi) is 7.23. The van der Waals surface area contributed by atoms with E-state index in [2.05, 4.69) is 11.8 Å². The van der Waals surface area contributed by atoms with Crippen molar-refractivity contribution in [1.29, 1.82) is 0 Å². The molecule has 0 unspecified atom stereocenters. The van der Waals surface area contributed by atoms with Gasteiger partial charge in [0.15, 0.2) is 0 Å². The van der Waals surface area contributed by atoms with Crippen molar-refractivity contribution in [2.24, 2.45) is 5.92 Å². The first-order chi connectivity index (χ1) is 14.6. The molecule has 4 rings (SSSR count). The first-order valence-corrected chi connectivity index (χ1v) is 12.0. The summed E-state index contributed by atoms with van der Waals surface area (Å²) in [6, 6.07) is 8.47. The minimum atomic E-state index is 0.192. The summed E-state index contributed by atoms with van der Waals surface area (Å²) < 4.78 is 5.45. The van der Waals surface area contributed by atoms with Gasteiger partial charge in [-0.1, -0.05) is 36.9 Å². The zero-order valence-electron chi connectivity index (χ0n) is 18.0. The lowest BCUT2D eigenvalue weighted by molar-refractivity contribution is -0.129. The number of para-hydroxylation sites is 1. The highest BCUT2D eigenvalue weighted by atomic mass is 32.2. The molecule has 1 saturated heterocycles. The van der Waals surface area contributed by atoms with Gasteiger partial charge >= 0.3 is 0 Å². The number of rotatable bonds is 6. The number of fused-ring (bicyclic) bond motifs is 1. The van der Waals surface area contributed by atoms with E-state index in [1.807, 2.05) is 36.2 Å². The Labute approximate surface area is 183 Å². The Balaban J connectivity index is 1.45. The van der Waals surface area contributed by atoms with Crippen LogP contribution < -0.4 is 0 Å². The van der Waals surface area contributed by atoms with Gasteiger partial charge in [-0.2, -0.15) is 0 Å². The van der Waals surface area contributed by atoms with Gasteiger partial charge in [0.1, 0.15) is 10.9 Å². The van der Waals surface area contributed by atoms with Gasteiger partial charge in [0, 0.05) is 31.6 Å². The summed E-state index contributed by atoms with van der Waals surface area (Å²) in [6.07, 6.45) is 4.68. The molecule has 0 N–H and O–H groups in total. The third-order valence-corrected chi connectivity index (χ3v) is 7.32. The number of thioether (sulfide) groups is 1. The average molecular weight is 429 g/mol. The lowest BCUT2D eigenvalue weighted by Crippen LogP contribution is -2.40. The second-order valence-corrected chi connectivity index (χ2v) is 9.52. The molecule has 7 heteroatoms. The molecule has 0 radical (unpaired) electrons. The van der Waals surface area contributed by atoms with Crippen LogP contribution in [0.5, 0.6) is 0 Å². The van der Waals surface area contributed by atoms with E-state index in [0.29, 0.717) is 11.8 Å². The van der Waals surface area contributed by atoms with Crippen LogP contribution in [0.3, 0.4) is 0 Å². The Morgan fingerprint density at radius 2 is 1.90 bits per heavy atom. The fourth-order valence-corrected chi connectivity index (χ4v) is 5.26. The van der Waals surface area contributed by atoms with E-state index >= 15 is 0 Å². The van der Waals surface area contributed by atoms with Gasteiger partial charge in [0.05, 0.1) is 31.0 Å². The lowest BCUT2D eigenvalue weighted by Gasteiger charge is -2.33. The van der Waals surface area contributed by atoms with Crippen molar-refractivity contribution in [3.63, 3.8) is 0 Å². The molecule has 1 aromatic heterocycles. The van der Waals surface area contributed by atoms with Crippen molar-refractivity contribution < 1.29 is 9.53 Å². The molecule has 2 aliphatic rings. The number of ether oxygens (including phenoxy) is 1. The van der Waals surface area contributed by atoms with Crippen molar-refractivity contribution in [3.8, 4) is 0 Å². The molecule has 1 saturated carbocycles. The molecule has 0 bridgehead atoms. The number of amides is 1. The zero-order chi connectivity index (χ0) is 20.9. The van der Waals surface area contributed by atoms with Crippen LogP contribution in [0.4, 0.5) is 0 Å². The van der Waals surface area contributed by atoms with Crippen LogP contribution in [-0.4, -0.2) is 70.8 Å². The molecular formula is C23H32N4O2S. The maximum Gasteiger partial charge on any atom is 0.232 e. The van der Waals surface area contributed by atoms with Gasteiger partial charge in [-0.05, 0) is 37.7 Å². The average Bonchev–Trinajstić information content (AvgIpc) is 2.78. The number of hydrogen-bond acceptors (Lipinski definition) is 6. The standard InChI is InChI=1S/C23H32N4O2S/c1-17-7-9-18(10-8-17)26(2)22(28)16-30-23-19-5-3-4-6-20(19)24-21(25-23)15-27-11-13-29-14-12-27/h3-6,17-18H,7-16H2,1-2H3. The van der Waals surface area contributed by atoms with Gasteiger partial charge in [-0.3, -0.25) is 9.69 Å². The maximum absolute atomic E-state index is 12.9. The predicted molar refractivity (Wildman–Crippen MR) is 121 cm³/mol. The van der Waals surface area contributed by atoms with E-state index in [0.717, 1.165) is 73.4 Å². The number of hydrogen-bond donors (Lipinski definition) is 0. The normalized spacial score (nSPS) is 22.9. The third-order valence-electron chi connectivity index (χ3n) is 6.34. The molecule has 1 aliphatic heterocycles. The van der Waals surface area contributed by atoms with Crippen LogP contribution in [0.1, 0.15) is 38.4 Å². The monoisotopic (exact) mass is 428 g/mol. The molecule has 1 aliphatic carbocycles. The van der Waals surface area contributed by atoms with E-state index < -0.39 is 0 Å². The Hall–Kier alpha value is -1.70. The highest BCUT2D eigenvalue weighted by molar-refractivity contribution is 8.00. The van der Waals surface area contributed by atoms with Crippen LogP contribution >= 0.6 is 11.8 Å². The van der Waals surface area contributed by atoms with Gasteiger partial charge < -0.3 is 9.64 Å². The predicted octanol–water partition coefficient (Wildman–Crippen LogP) is 3.59. The first kappa shape index (κ1) is 21.5. The summed E-state index contributed by atoms with van der Waals surface area (Å²) in [5.74, 6) is 2.22. The first-order valence-electron chi connectivity index (χ1n) is 11.0. The van der Waals surface area contributed by atoms with Crippen LogP contribution in [0.15, 0.2) is 29.3 Å². The van der Waals surface area contributed by atoms with E-state index in [-0.39, 0.29) is 5.91 Å². The number of benzene rings is 1. The summed E-state index contributed by atoms with van der Waals surface area (Å²) in [5, 5.41) is 1.93. The molecule has 162 valence electrons. The van der Waals surface area contributed by atoms with E-state index in [1.54, 1.807) is 11.8 Å². The largest absolute Gasteiger partial charge is 0.379 e. The molecule has 6 nitrogen and oxygen atoms in total. The van der Waals surface area contributed by atoms with Crippen molar-refractivity contribution in [2.75, 3.05) is 39.1 Å². The van der Waals surface area contributed by atoms with Crippen molar-refractivity contribution in [2.45, 2.75) is 50.2 Å². The van der Waals surface area contributed by atoms with Gasteiger partial charge in [0.2, 0.25) is 5.91 Å². The number of aromatic nitrogens is 2. The number of carbonyl (C=O) groups excluding carboxylic acids is 1. The Bertz CT molecular complexity index is 863. The topological polar surface area (TPSA) is 58.6 Å². The number of carbonyl (C=O) groups is 1. The molecule has 1 amide bonds. The van der Waals surface area contributed by atoms with Gasteiger partial charge in [0.25, 0.3) is 0 Å². The second kappa shape index (κ2) is 10.1. The third kappa shape index (κ3) is 5.31. The lowest BCUT2D eigenvalue weighted by atomic mass is 9.87. The summed E-state index contributed by atoms with van der Waals surface area (Å²) in [5.41, 5.74) is 0.945. The van der Waals surface area contributed by atoms with Crippen molar-refractivity contribution in [1.82, 2.24) is 19.8 Å². The summed E-state index contributed by atoms with van der Waals surface area (Å²) in [4.78, 5) is 26.8. The van der Waals surface area contributed by atoms with Crippen LogP contribution in [0.2, 0.25) is 0 Å². The van der Waals surface area contributed by atoms with Gasteiger partial charge in [-0.15, -0.1) is 0 Å². The highest BCUT2D eigenvalue weighted by Gasteiger charge is 2.25. The smallest absolute Gasteiger partial charge is 0.232 e. The van der Waals surface area contributed by atoms with Gasteiger partial charge in [-0.25, -0.2) is 9.97 Å². The zero-order valence-corrected chi connectivity index (χ0v) is 18.9. The fraction of sp³-hybridized carbons (Fsp3) is 0.609. The maximum atomic E-state index is 12.9. The highest BCUT2D eigenvalue weighted by Crippen LogP contribution is 2.29. The Morgan fingerprint density at radius 1 is 1.17 bits per heavy atom. The molecular weight excluding hydrogens is 396 g/mol. The molecule has 2 fully saturated rings. The molecule has 0 spiro atoms. The summed E-state index contributed by atoms with van der Waals surface area (Å²) in [7, 11) is 1.96. The van der Waals surface area contributed by atoms with Crippen LogP contribution in [0.25, 0.3) is 10.9 Å². The molecule has 30 heavy (non-hydrogen) atoms. The quantitative estimate of drug-likeness (QED) is 0.518. The second-order valence-electron chi connectivity index (χ2n) is 8.56. The minimum absolute atomic E-state index is 0.192. The molecule has 2 aromatic rings. The fourth-order valence-electron chi connectivity index (χ4n) is 4.30. The van der Waals surface area contributed by atoms with Crippen molar-refractivity contribution >= 4 is 28.6 Å². The summed E-state index contributed by atoms with van der Waals surface area (Å²) >= 11 is 1.54. The van der Waals surface area contributed by atoms with Crippen LogP contribution in [0, 0.1) is 5.92 Å². The number of morpholine rings is 1. The number of nitrogens with zero attached hydrogens (tertiary/aromatic N) is 4. The van der Waals surface area contributed by atoms with E-state index in [1.165, 1.54) is 12.8 Å². The van der Waals surface area contributed by atoms with Crippen molar-refractivity contribution in [3.05, 3.63) is 30.1 Å². The van der Waals surface area contributed by atoms with Crippen LogP contribution in [-0.2, 0) is 16.1 Å². The molecule has 1 aromatic carbocycles.